The molecular weight excluding hydrogens is 164 g/mol. The second-order valence-electron chi connectivity index (χ2n) is 3.09. The van der Waals surface area contributed by atoms with Crippen LogP contribution in [0.1, 0.15) is 25.5 Å². The van der Waals surface area contributed by atoms with E-state index in [9.17, 15) is 4.79 Å². The van der Waals surface area contributed by atoms with E-state index >= 15 is 0 Å². The Balaban J connectivity index is 2.71. The van der Waals surface area contributed by atoms with E-state index in [-0.39, 0.29) is 11.9 Å². The van der Waals surface area contributed by atoms with Gasteiger partial charge in [-0.05, 0) is 24.6 Å². The smallest absolute Gasteiger partial charge is 0.217 e. The average Bonchev–Trinajstić information content (AvgIpc) is 2.04. The van der Waals surface area contributed by atoms with Crippen molar-refractivity contribution in [2.24, 2.45) is 0 Å². The molecule has 0 unspecified atom stereocenters. The Hall–Kier alpha value is -1.51. The number of nitrogen functional groups attached to an aromatic ring is 1. The van der Waals surface area contributed by atoms with Crippen LogP contribution in [0, 0.1) is 0 Å². The van der Waals surface area contributed by atoms with E-state index in [1.54, 1.807) is 0 Å². The van der Waals surface area contributed by atoms with Crippen LogP contribution < -0.4 is 11.1 Å². The van der Waals surface area contributed by atoms with Gasteiger partial charge in [-0.15, -0.1) is 0 Å². The lowest BCUT2D eigenvalue weighted by Gasteiger charge is -2.12. The molecule has 0 radical (unpaired) electrons. The zero-order valence-electron chi connectivity index (χ0n) is 7.87. The maximum absolute atomic E-state index is 10.8. The van der Waals surface area contributed by atoms with E-state index in [2.05, 4.69) is 5.32 Å². The highest BCUT2D eigenvalue weighted by atomic mass is 16.1. The van der Waals surface area contributed by atoms with Crippen LogP contribution in [0.15, 0.2) is 24.3 Å². The van der Waals surface area contributed by atoms with Crippen LogP contribution in [-0.2, 0) is 4.79 Å². The van der Waals surface area contributed by atoms with Gasteiger partial charge in [-0.1, -0.05) is 12.1 Å². The van der Waals surface area contributed by atoms with Gasteiger partial charge in [0.05, 0.1) is 6.04 Å². The lowest BCUT2D eigenvalue weighted by molar-refractivity contribution is -0.119. The molecule has 0 saturated heterocycles. The minimum absolute atomic E-state index is 0.0238. The summed E-state index contributed by atoms with van der Waals surface area (Å²) in [5, 5.41) is 2.80. The molecule has 0 heterocycles. The predicted molar refractivity (Wildman–Crippen MR) is 53.1 cm³/mol. The molecule has 3 nitrogen and oxygen atoms in total. The normalized spacial score (nSPS) is 12.2. The molecule has 0 aliphatic heterocycles. The fourth-order valence-electron chi connectivity index (χ4n) is 1.17. The summed E-state index contributed by atoms with van der Waals surface area (Å²) in [5.74, 6) is -0.0238. The Kier molecular flexibility index (Phi) is 2.90. The van der Waals surface area contributed by atoms with Crippen LogP contribution in [0.2, 0.25) is 0 Å². The number of rotatable bonds is 2. The zero-order chi connectivity index (χ0) is 9.84. The van der Waals surface area contributed by atoms with Crippen molar-refractivity contribution in [3.8, 4) is 0 Å². The van der Waals surface area contributed by atoms with E-state index in [4.69, 9.17) is 5.73 Å². The second kappa shape index (κ2) is 3.94. The van der Waals surface area contributed by atoms with Crippen molar-refractivity contribution in [2.45, 2.75) is 19.9 Å². The van der Waals surface area contributed by atoms with Crippen molar-refractivity contribution in [1.29, 1.82) is 0 Å². The van der Waals surface area contributed by atoms with Gasteiger partial charge in [-0.3, -0.25) is 4.79 Å². The Morgan fingerprint density at radius 3 is 2.38 bits per heavy atom. The SMILES string of the molecule is CC(=O)N[C@H](C)c1ccc(N)cc1. The lowest BCUT2D eigenvalue weighted by Crippen LogP contribution is -2.23. The summed E-state index contributed by atoms with van der Waals surface area (Å²) >= 11 is 0. The first-order valence-corrected chi connectivity index (χ1v) is 4.22. The Morgan fingerprint density at radius 2 is 1.92 bits per heavy atom. The molecule has 0 aromatic heterocycles. The van der Waals surface area contributed by atoms with Gasteiger partial charge in [0.1, 0.15) is 0 Å². The standard InChI is InChI=1S/C10H14N2O/c1-7(12-8(2)13)9-3-5-10(11)6-4-9/h3-7H,11H2,1-2H3,(H,12,13)/t7-/m1/s1. The maximum atomic E-state index is 10.8. The molecule has 1 atom stereocenters. The molecule has 1 aromatic carbocycles. The van der Waals surface area contributed by atoms with E-state index in [0.717, 1.165) is 11.3 Å². The van der Waals surface area contributed by atoms with Gasteiger partial charge in [0.25, 0.3) is 0 Å². The number of carbonyl (C=O) groups is 1. The summed E-state index contributed by atoms with van der Waals surface area (Å²) in [5.41, 5.74) is 7.34. The van der Waals surface area contributed by atoms with Crippen LogP contribution in [0.5, 0.6) is 0 Å². The highest BCUT2D eigenvalue weighted by Gasteiger charge is 2.04. The van der Waals surface area contributed by atoms with Crippen molar-refractivity contribution in [3.63, 3.8) is 0 Å². The van der Waals surface area contributed by atoms with Crippen LogP contribution in [0.25, 0.3) is 0 Å². The summed E-state index contributed by atoms with van der Waals surface area (Å²) in [6.45, 7) is 3.45. The topological polar surface area (TPSA) is 55.1 Å². The Morgan fingerprint density at radius 1 is 1.38 bits per heavy atom. The third-order valence-corrected chi connectivity index (χ3v) is 1.86. The van der Waals surface area contributed by atoms with E-state index < -0.39 is 0 Å². The molecule has 3 N–H and O–H groups in total. The number of benzene rings is 1. The van der Waals surface area contributed by atoms with Crippen LogP contribution in [-0.4, -0.2) is 5.91 Å². The molecular formula is C10H14N2O. The maximum Gasteiger partial charge on any atom is 0.217 e. The van der Waals surface area contributed by atoms with Gasteiger partial charge >= 0.3 is 0 Å². The van der Waals surface area contributed by atoms with Crippen LogP contribution in [0.4, 0.5) is 5.69 Å². The minimum atomic E-state index is -0.0238. The van der Waals surface area contributed by atoms with Gasteiger partial charge < -0.3 is 11.1 Å². The molecule has 1 amide bonds. The molecule has 0 aliphatic carbocycles. The summed E-state index contributed by atoms with van der Waals surface area (Å²) in [6.07, 6.45) is 0. The van der Waals surface area contributed by atoms with Gasteiger partial charge in [0, 0.05) is 12.6 Å². The zero-order valence-corrected chi connectivity index (χ0v) is 7.87. The highest BCUT2D eigenvalue weighted by molar-refractivity contribution is 5.73. The molecule has 0 saturated carbocycles. The monoisotopic (exact) mass is 178 g/mol. The van der Waals surface area contributed by atoms with Crippen LogP contribution in [0.3, 0.4) is 0 Å². The molecule has 0 aliphatic rings. The van der Waals surface area contributed by atoms with Crippen molar-refractivity contribution < 1.29 is 4.79 Å². The molecule has 13 heavy (non-hydrogen) atoms. The van der Waals surface area contributed by atoms with Crippen molar-refractivity contribution in [2.75, 3.05) is 5.73 Å². The van der Waals surface area contributed by atoms with E-state index in [1.165, 1.54) is 6.92 Å². The highest BCUT2D eigenvalue weighted by Crippen LogP contribution is 2.13. The first kappa shape index (κ1) is 9.58. The number of nitrogens with two attached hydrogens (primary N) is 1. The van der Waals surface area contributed by atoms with Crippen molar-refractivity contribution in [1.82, 2.24) is 5.32 Å². The Bertz CT molecular complexity index is 292. The predicted octanol–water partition coefficient (Wildman–Crippen LogP) is 1.47. The molecule has 0 bridgehead atoms. The summed E-state index contributed by atoms with van der Waals surface area (Å²) < 4.78 is 0. The molecule has 0 spiro atoms. The second-order valence-corrected chi connectivity index (χ2v) is 3.09. The summed E-state index contributed by atoms with van der Waals surface area (Å²) in [4.78, 5) is 10.8. The number of carbonyl (C=O) groups excluding carboxylic acids is 1. The molecule has 1 rings (SSSR count). The average molecular weight is 178 g/mol. The van der Waals surface area contributed by atoms with E-state index in [0.29, 0.717) is 0 Å². The molecule has 1 aromatic rings. The van der Waals surface area contributed by atoms with E-state index in [1.807, 2.05) is 31.2 Å². The number of anilines is 1. The van der Waals surface area contributed by atoms with Crippen LogP contribution >= 0.6 is 0 Å². The summed E-state index contributed by atoms with van der Waals surface area (Å²) in [7, 11) is 0. The largest absolute Gasteiger partial charge is 0.399 e. The number of hydrogen-bond acceptors (Lipinski definition) is 2. The fourth-order valence-corrected chi connectivity index (χ4v) is 1.17. The van der Waals surface area contributed by atoms with Crippen molar-refractivity contribution in [3.05, 3.63) is 29.8 Å². The van der Waals surface area contributed by atoms with Gasteiger partial charge in [-0.25, -0.2) is 0 Å². The number of nitrogens with one attached hydrogen (secondary N) is 1. The number of amides is 1. The molecule has 70 valence electrons. The minimum Gasteiger partial charge on any atom is -0.399 e. The van der Waals surface area contributed by atoms with Gasteiger partial charge in [0.2, 0.25) is 5.91 Å². The quantitative estimate of drug-likeness (QED) is 0.674. The van der Waals surface area contributed by atoms with Crippen molar-refractivity contribution >= 4 is 11.6 Å². The Labute approximate surface area is 77.9 Å². The summed E-state index contributed by atoms with van der Waals surface area (Å²) in [6, 6.07) is 7.52. The number of hydrogen-bond donors (Lipinski definition) is 2. The van der Waals surface area contributed by atoms with Gasteiger partial charge in [-0.2, -0.15) is 0 Å². The molecule has 3 heteroatoms. The first-order chi connectivity index (χ1) is 6.09. The molecule has 0 fully saturated rings. The fraction of sp³-hybridized carbons (Fsp3) is 0.300. The third kappa shape index (κ3) is 2.78. The first-order valence-electron chi connectivity index (χ1n) is 4.22. The lowest BCUT2D eigenvalue weighted by atomic mass is 10.1. The van der Waals surface area contributed by atoms with Gasteiger partial charge in [0.15, 0.2) is 0 Å². The third-order valence-electron chi connectivity index (χ3n) is 1.86.